The Balaban J connectivity index is 1.66. The fraction of sp³-hybridized carbons (Fsp3) is 0.263. The summed E-state index contributed by atoms with van der Waals surface area (Å²) in [5.74, 6) is -0.347. The fourth-order valence-electron chi connectivity index (χ4n) is 2.70. The summed E-state index contributed by atoms with van der Waals surface area (Å²) in [4.78, 5) is 12.5. The van der Waals surface area contributed by atoms with E-state index in [2.05, 4.69) is 5.10 Å². The summed E-state index contributed by atoms with van der Waals surface area (Å²) < 4.78 is 20.1. The van der Waals surface area contributed by atoms with Crippen molar-refractivity contribution in [3.05, 3.63) is 76.0 Å². The lowest BCUT2D eigenvalue weighted by Crippen LogP contribution is -2.31. The van der Waals surface area contributed by atoms with Gasteiger partial charge in [0.25, 0.3) is 5.56 Å². The van der Waals surface area contributed by atoms with Crippen molar-refractivity contribution in [3.63, 3.8) is 0 Å². The van der Waals surface area contributed by atoms with Crippen molar-refractivity contribution >= 4 is 10.8 Å². The lowest BCUT2D eigenvalue weighted by Gasteiger charge is -2.14. The maximum absolute atomic E-state index is 13.5. The van der Waals surface area contributed by atoms with Gasteiger partial charge in [0.05, 0.1) is 36.9 Å². The summed E-state index contributed by atoms with van der Waals surface area (Å²) in [6, 6.07) is 13.5. The number of hydrogen-bond donors (Lipinski definition) is 1. The molecule has 0 saturated carbocycles. The molecule has 1 aromatic heterocycles. The van der Waals surface area contributed by atoms with Crippen LogP contribution in [0.4, 0.5) is 4.39 Å². The summed E-state index contributed by atoms with van der Waals surface area (Å²) in [5.41, 5.74) is 0.885. The summed E-state index contributed by atoms with van der Waals surface area (Å²) in [7, 11) is 0. The zero-order chi connectivity index (χ0) is 17.8. The van der Waals surface area contributed by atoms with E-state index in [1.54, 1.807) is 30.3 Å². The number of halogens is 1. The number of aryl methyl sites for hydroxylation is 1. The molecule has 0 unspecified atom stereocenters. The predicted molar refractivity (Wildman–Crippen MR) is 92.8 cm³/mol. The topological polar surface area (TPSA) is 64.3 Å². The van der Waals surface area contributed by atoms with E-state index in [1.165, 1.54) is 10.7 Å². The highest BCUT2D eigenvalue weighted by Gasteiger charge is 2.12. The van der Waals surface area contributed by atoms with Crippen molar-refractivity contribution in [2.45, 2.75) is 26.2 Å². The molecule has 0 aliphatic carbocycles. The van der Waals surface area contributed by atoms with Crippen LogP contribution in [-0.4, -0.2) is 27.6 Å². The quantitative estimate of drug-likeness (QED) is 0.747. The van der Waals surface area contributed by atoms with Crippen molar-refractivity contribution in [1.82, 2.24) is 9.78 Å². The van der Waals surface area contributed by atoms with Crippen LogP contribution in [0, 0.1) is 12.7 Å². The number of hydrogen-bond acceptors (Lipinski definition) is 4. The molecule has 3 rings (SSSR count). The van der Waals surface area contributed by atoms with Gasteiger partial charge >= 0.3 is 0 Å². The first-order chi connectivity index (χ1) is 12.1. The molecular weight excluding hydrogens is 323 g/mol. The molecule has 0 radical (unpaired) electrons. The second-order valence-electron chi connectivity index (χ2n) is 5.88. The highest BCUT2D eigenvalue weighted by atomic mass is 19.1. The molecule has 0 spiro atoms. The van der Waals surface area contributed by atoms with Crippen molar-refractivity contribution in [1.29, 1.82) is 0 Å². The molecule has 130 valence electrons. The molecule has 2 aromatic carbocycles. The Morgan fingerprint density at radius 1 is 1.16 bits per heavy atom. The SMILES string of the molecule is Cc1nn(C[C@H](O)COCc2ccccc2F)c(=O)c2ccccc12. The second kappa shape index (κ2) is 7.55. The third-order valence-electron chi connectivity index (χ3n) is 3.96. The standard InChI is InChI=1S/C19H19FN2O3/c1-13-16-7-3-4-8-17(16)19(24)22(21-13)10-15(23)12-25-11-14-6-2-5-9-18(14)20/h2-9,15,23H,10-12H2,1H3/t15-/m0/s1. The molecule has 1 atom stereocenters. The smallest absolute Gasteiger partial charge is 0.274 e. The molecule has 3 aromatic rings. The predicted octanol–water partition coefficient (Wildman–Crippen LogP) is 2.42. The van der Waals surface area contributed by atoms with Gasteiger partial charge in [0.1, 0.15) is 5.82 Å². The van der Waals surface area contributed by atoms with E-state index in [-0.39, 0.29) is 31.1 Å². The lowest BCUT2D eigenvalue weighted by atomic mass is 10.1. The Morgan fingerprint density at radius 3 is 2.60 bits per heavy atom. The molecule has 1 heterocycles. The van der Waals surface area contributed by atoms with Gasteiger partial charge in [-0.1, -0.05) is 36.4 Å². The third-order valence-corrected chi connectivity index (χ3v) is 3.96. The Bertz CT molecular complexity index is 939. The summed E-state index contributed by atoms with van der Waals surface area (Å²) >= 11 is 0. The van der Waals surface area contributed by atoms with Crippen molar-refractivity contribution in [2.24, 2.45) is 0 Å². The fourth-order valence-corrected chi connectivity index (χ4v) is 2.70. The molecular formula is C19H19FN2O3. The number of aromatic nitrogens is 2. The van der Waals surface area contributed by atoms with Gasteiger partial charge in [-0.3, -0.25) is 4.79 Å². The van der Waals surface area contributed by atoms with Crippen molar-refractivity contribution in [2.75, 3.05) is 6.61 Å². The van der Waals surface area contributed by atoms with Crippen LogP contribution in [0.25, 0.3) is 10.8 Å². The van der Waals surface area contributed by atoms with Crippen LogP contribution in [-0.2, 0) is 17.9 Å². The van der Waals surface area contributed by atoms with E-state index in [1.807, 2.05) is 19.1 Å². The third kappa shape index (κ3) is 3.92. The Hall–Kier alpha value is -2.57. The second-order valence-corrected chi connectivity index (χ2v) is 5.88. The van der Waals surface area contributed by atoms with Crippen molar-refractivity contribution < 1.29 is 14.2 Å². The molecule has 5 nitrogen and oxygen atoms in total. The molecule has 0 amide bonds. The number of aliphatic hydroxyl groups excluding tert-OH is 1. The van der Waals surface area contributed by atoms with Crippen LogP contribution in [0.1, 0.15) is 11.3 Å². The largest absolute Gasteiger partial charge is 0.389 e. The average Bonchev–Trinajstić information content (AvgIpc) is 2.61. The molecule has 0 fully saturated rings. The molecule has 25 heavy (non-hydrogen) atoms. The van der Waals surface area contributed by atoms with Gasteiger partial charge in [0, 0.05) is 10.9 Å². The van der Waals surface area contributed by atoms with Crippen LogP contribution in [0.2, 0.25) is 0 Å². The first-order valence-electron chi connectivity index (χ1n) is 8.02. The number of rotatable bonds is 6. The zero-order valence-electron chi connectivity index (χ0n) is 13.9. The van der Waals surface area contributed by atoms with Crippen LogP contribution in [0.5, 0.6) is 0 Å². The van der Waals surface area contributed by atoms with Gasteiger partial charge in [-0.15, -0.1) is 0 Å². The van der Waals surface area contributed by atoms with Gasteiger partial charge in [-0.05, 0) is 19.1 Å². The van der Waals surface area contributed by atoms with Crippen LogP contribution < -0.4 is 5.56 Å². The summed E-state index contributed by atoms with van der Waals surface area (Å²) in [5, 5.41) is 15.7. The van der Waals surface area contributed by atoms with E-state index in [0.29, 0.717) is 10.9 Å². The average molecular weight is 342 g/mol. The highest BCUT2D eigenvalue weighted by Crippen LogP contribution is 2.12. The number of ether oxygens (including phenoxy) is 1. The van der Waals surface area contributed by atoms with Gasteiger partial charge in [0.2, 0.25) is 0 Å². The Kier molecular flexibility index (Phi) is 5.21. The van der Waals surface area contributed by atoms with Crippen LogP contribution >= 0.6 is 0 Å². The first kappa shape index (κ1) is 17.3. The molecule has 0 aliphatic heterocycles. The number of aliphatic hydroxyl groups is 1. The number of benzene rings is 2. The minimum absolute atomic E-state index is 0.0157. The number of fused-ring (bicyclic) bond motifs is 1. The lowest BCUT2D eigenvalue weighted by molar-refractivity contribution is 0.0172. The minimum atomic E-state index is -0.919. The van der Waals surface area contributed by atoms with Crippen LogP contribution in [0.15, 0.2) is 53.3 Å². The first-order valence-corrected chi connectivity index (χ1v) is 8.02. The van der Waals surface area contributed by atoms with E-state index in [9.17, 15) is 14.3 Å². The maximum Gasteiger partial charge on any atom is 0.274 e. The van der Waals surface area contributed by atoms with E-state index in [0.717, 1.165) is 11.1 Å². The maximum atomic E-state index is 13.5. The molecule has 1 N–H and O–H groups in total. The van der Waals surface area contributed by atoms with E-state index >= 15 is 0 Å². The number of nitrogens with zero attached hydrogens (tertiary/aromatic N) is 2. The van der Waals surface area contributed by atoms with Gasteiger partial charge in [-0.25, -0.2) is 9.07 Å². The van der Waals surface area contributed by atoms with Crippen LogP contribution in [0.3, 0.4) is 0 Å². The molecule has 0 bridgehead atoms. The van der Waals surface area contributed by atoms with Gasteiger partial charge in [0.15, 0.2) is 0 Å². The molecule has 6 heteroatoms. The molecule has 0 aliphatic rings. The normalized spacial score (nSPS) is 12.4. The summed E-state index contributed by atoms with van der Waals surface area (Å²) in [6.45, 7) is 1.87. The molecule has 0 saturated heterocycles. The van der Waals surface area contributed by atoms with Gasteiger partial charge in [-0.2, -0.15) is 5.10 Å². The minimum Gasteiger partial charge on any atom is -0.389 e. The van der Waals surface area contributed by atoms with Crippen molar-refractivity contribution in [3.8, 4) is 0 Å². The highest BCUT2D eigenvalue weighted by molar-refractivity contribution is 5.83. The monoisotopic (exact) mass is 342 g/mol. The summed E-state index contributed by atoms with van der Waals surface area (Å²) in [6.07, 6.45) is -0.919. The zero-order valence-corrected chi connectivity index (χ0v) is 13.9. The van der Waals surface area contributed by atoms with Gasteiger partial charge < -0.3 is 9.84 Å². The van der Waals surface area contributed by atoms with E-state index in [4.69, 9.17) is 4.74 Å². The van der Waals surface area contributed by atoms with E-state index < -0.39 is 6.10 Å². The Labute approximate surface area is 144 Å². The Morgan fingerprint density at radius 2 is 1.84 bits per heavy atom.